The minimum absolute atomic E-state index is 0.0862. The lowest BCUT2D eigenvalue weighted by molar-refractivity contribution is -0.172. The third kappa shape index (κ3) is 2.39. The van der Waals surface area contributed by atoms with Crippen molar-refractivity contribution in [3.63, 3.8) is 0 Å². The summed E-state index contributed by atoms with van der Waals surface area (Å²) in [6.07, 6.45) is 7.36. The van der Waals surface area contributed by atoms with Crippen molar-refractivity contribution in [3.8, 4) is 0 Å². The molecule has 0 amide bonds. The number of ether oxygens (including phenoxy) is 1. The highest BCUT2D eigenvalue weighted by atomic mass is 16.5. The molecular formula is C19H24O2. The van der Waals surface area contributed by atoms with Gasteiger partial charge in [-0.3, -0.25) is 4.79 Å². The molecule has 4 aliphatic carbocycles. The second-order valence-corrected chi connectivity index (χ2v) is 7.76. The van der Waals surface area contributed by atoms with Crippen molar-refractivity contribution in [1.82, 2.24) is 0 Å². The van der Waals surface area contributed by atoms with Gasteiger partial charge in [-0.2, -0.15) is 0 Å². The van der Waals surface area contributed by atoms with E-state index in [0.29, 0.717) is 6.61 Å². The summed E-state index contributed by atoms with van der Waals surface area (Å²) in [7, 11) is 0. The number of hydrogen-bond acceptors (Lipinski definition) is 2. The van der Waals surface area contributed by atoms with Gasteiger partial charge in [-0.25, -0.2) is 0 Å². The van der Waals surface area contributed by atoms with Gasteiger partial charge >= 0.3 is 5.97 Å². The first-order valence-electron chi connectivity index (χ1n) is 8.36. The highest BCUT2D eigenvalue weighted by molar-refractivity contribution is 5.77. The van der Waals surface area contributed by atoms with E-state index in [1.807, 2.05) is 12.1 Å². The summed E-state index contributed by atoms with van der Waals surface area (Å²) < 4.78 is 5.73. The molecule has 5 rings (SSSR count). The molecule has 2 heteroatoms. The summed E-state index contributed by atoms with van der Waals surface area (Å²) in [6, 6.07) is 8.25. The Bertz CT molecular complexity index is 525. The van der Waals surface area contributed by atoms with Crippen LogP contribution in [0.2, 0.25) is 0 Å². The number of esters is 1. The molecule has 1 aromatic rings. The lowest BCUT2D eigenvalue weighted by Gasteiger charge is -2.55. The zero-order valence-electron chi connectivity index (χ0n) is 12.8. The van der Waals surface area contributed by atoms with E-state index in [2.05, 4.69) is 19.1 Å². The fourth-order valence-electron chi connectivity index (χ4n) is 5.46. The van der Waals surface area contributed by atoms with E-state index >= 15 is 0 Å². The van der Waals surface area contributed by atoms with E-state index in [4.69, 9.17) is 4.74 Å². The molecule has 4 fully saturated rings. The molecule has 21 heavy (non-hydrogen) atoms. The molecule has 0 saturated heterocycles. The van der Waals surface area contributed by atoms with Crippen LogP contribution in [0.4, 0.5) is 0 Å². The maximum Gasteiger partial charge on any atom is 0.312 e. The monoisotopic (exact) mass is 284 g/mol. The number of hydrogen-bond donors (Lipinski definition) is 0. The zero-order chi connectivity index (χ0) is 14.4. The van der Waals surface area contributed by atoms with Crippen LogP contribution in [0.1, 0.15) is 49.7 Å². The van der Waals surface area contributed by atoms with Crippen LogP contribution in [0.3, 0.4) is 0 Å². The van der Waals surface area contributed by atoms with Crippen molar-refractivity contribution in [3.05, 3.63) is 35.4 Å². The van der Waals surface area contributed by atoms with Crippen molar-refractivity contribution >= 4 is 5.97 Å². The van der Waals surface area contributed by atoms with Gasteiger partial charge in [0.2, 0.25) is 0 Å². The number of carbonyl (C=O) groups excluding carboxylic acids is 1. The van der Waals surface area contributed by atoms with Crippen LogP contribution in [0.15, 0.2) is 24.3 Å². The fraction of sp³-hybridized carbons (Fsp3) is 0.632. The van der Waals surface area contributed by atoms with E-state index in [-0.39, 0.29) is 11.4 Å². The third-order valence-corrected chi connectivity index (χ3v) is 5.92. The molecule has 0 unspecified atom stereocenters. The van der Waals surface area contributed by atoms with Crippen molar-refractivity contribution in [2.24, 2.45) is 23.2 Å². The Kier molecular flexibility index (Phi) is 3.09. The van der Waals surface area contributed by atoms with Crippen LogP contribution in [-0.4, -0.2) is 5.97 Å². The SMILES string of the molecule is Cc1cccc(COC(=O)C23CC4CC(CC(C4)C2)C3)c1. The second kappa shape index (κ2) is 4.86. The summed E-state index contributed by atoms with van der Waals surface area (Å²) in [5.41, 5.74) is 2.20. The van der Waals surface area contributed by atoms with E-state index in [9.17, 15) is 4.79 Å². The lowest BCUT2D eigenvalue weighted by atomic mass is 9.49. The van der Waals surface area contributed by atoms with Crippen LogP contribution in [0.5, 0.6) is 0 Å². The molecule has 0 atom stereocenters. The summed E-state index contributed by atoms with van der Waals surface area (Å²) in [4.78, 5) is 12.7. The van der Waals surface area contributed by atoms with Gasteiger partial charge in [-0.1, -0.05) is 29.8 Å². The van der Waals surface area contributed by atoms with Crippen molar-refractivity contribution in [2.45, 2.75) is 52.1 Å². The normalized spacial score (nSPS) is 36.7. The van der Waals surface area contributed by atoms with Crippen LogP contribution >= 0.6 is 0 Å². The van der Waals surface area contributed by atoms with Gasteiger partial charge in [0, 0.05) is 0 Å². The van der Waals surface area contributed by atoms with Gasteiger partial charge in [-0.05, 0) is 68.8 Å². The first-order valence-corrected chi connectivity index (χ1v) is 8.36. The smallest absolute Gasteiger partial charge is 0.312 e. The van der Waals surface area contributed by atoms with Crippen molar-refractivity contribution in [1.29, 1.82) is 0 Å². The summed E-state index contributed by atoms with van der Waals surface area (Å²) in [5.74, 6) is 2.47. The van der Waals surface area contributed by atoms with Gasteiger partial charge in [0.15, 0.2) is 0 Å². The summed E-state index contributed by atoms with van der Waals surface area (Å²) in [6.45, 7) is 2.51. The van der Waals surface area contributed by atoms with E-state index in [0.717, 1.165) is 42.6 Å². The van der Waals surface area contributed by atoms with Crippen molar-refractivity contribution < 1.29 is 9.53 Å². The van der Waals surface area contributed by atoms with Gasteiger partial charge in [0.05, 0.1) is 5.41 Å². The second-order valence-electron chi connectivity index (χ2n) is 7.76. The van der Waals surface area contributed by atoms with Crippen LogP contribution in [0, 0.1) is 30.1 Å². The maximum atomic E-state index is 12.7. The van der Waals surface area contributed by atoms with Crippen LogP contribution in [0.25, 0.3) is 0 Å². The van der Waals surface area contributed by atoms with Crippen molar-refractivity contribution in [2.75, 3.05) is 0 Å². The average Bonchev–Trinajstić information content (AvgIpc) is 2.43. The molecule has 4 aliphatic rings. The van der Waals surface area contributed by atoms with Gasteiger partial charge in [-0.15, -0.1) is 0 Å². The molecule has 1 aromatic carbocycles. The highest BCUT2D eigenvalue weighted by Gasteiger charge is 2.55. The molecule has 2 nitrogen and oxygen atoms in total. The minimum atomic E-state index is -0.126. The first-order chi connectivity index (χ1) is 10.1. The van der Waals surface area contributed by atoms with Gasteiger partial charge < -0.3 is 4.74 Å². The molecule has 0 aromatic heterocycles. The maximum absolute atomic E-state index is 12.7. The Balaban J connectivity index is 1.45. The Labute approximate surface area is 126 Å². The van der Waals surface area contributed by atoms with Gasteiger partial charge in [0.25, 0.3) is 0 Å². The molecule has 0 aliphatic heterocycles. The molecule has 0 radical (unpaired) electrons. The zero-order valence-corrected chi connectivity index (χ0v) is 12.8. The quantitative estimate of drug-likeness (QED) is 0.775. The number of benzene rings is 1. The molecule has 0 N–H and O–H groups in total. The van der Waals surface area contributed by atoms with E-state index in [1.165, 1.54) is 24.8 Å². The first kappa shape index (κ1) is 13.4. The fourth-order valence-corrected chi connectivity index (χ4v) is 5.46. The Morgan fingerprint density at radius 3 is 2.33 bits per heavy atom. The minimum Gasteiger partial charge on any atom is -0.460 e. The van der Waals surface area contributed by atoms with Crippen LogP contribution in [-0.2, 0) is 16.1 Å². The Morgan fingerprint density at radius 2 is 1.76 bits per heavy atom. The third-order valence-electron chi connectivity index (χ3n) is 5.92. The Morgan fingerprint density at radius 1 is 1.14 bits per heavy atom. The summed E-state index contributed by atoms with van der Waals surface area (Å²) >= 11 is 0. The molecule has 0 spiro atoms. The largest absolute Gasteiger partial charge is 0.460 e. The standard InChI is InChI=1S/C19H24O2/c1-13-3-2-4-14(5-13)12-21-18(20)19-9-15-6-16(10-19)8-17(7-15)11-19/h2-5,15-17H,6-12H2,1H3. The Hall–Kier alpha value is -1.31. The molecular weight excluding hydrogens is 260 g/mol. The van der Waals surface area contributed by atoms with E-state index < -0.39 is 0 Å². The lowest BCUT2D eigenvalue weighted by Crippen LogP contribution is -2.50. The molecule has 4 saturated carbocycles. The highest BCUT2D eigenvalue weighted by Crippen LogP contribution is 2.60. The number of rotatable bonds is 3. The van der Waals surface area contributed by atoms with Crippen LogP contribution < -0.4 is 0 Å². The predicted molar refractivity (Wildman–Crippen MR) is 81.6 cm³/mol. The molecule has 0 heterocycles. The summed E-state index contributed by atoms with van der Waals surface area (Å²) in [5, 5.41) is 0. The topological polar surface area (TPSA) is 26.3 Å². The number of carbonyl (C=O) groups is 1. The average molecular weight is 284 g/mol. The van der Waals surface area contributed by atoms with Gasteiger partial charge in [0.1, 0.15) is 6.61 Å². The predicted octanol–water partition coefficient (Wildman–Crippen LogP) is 4.25. The molecule has 4 bridgehead atoms. The molecule has 112 valence electrons. The van der Waals surface area contributed by atoms with E-state index in [1.54, 1.807) is 0 Å². The number of aryl methyl sites for hydroxylation is 1.